The summed E-state index contributed by atoms with van der Waals surface area (Å²) in [6, 6.07) is 3.61. The zero-order chi connectivity index (χ0) is 20.6. The van der Waals surface area contributed by atoms with Crippen LogP contribution in [0.4, 0.5) is 0 Å². The monoisotopic (exact) mass is 449 g/mol. The summed E-state index contributed by atoms with van der Waals surface area (Å²) in [7, 11) is 0. The van der Waals surface area contributed by atoms with Crippen LogP contribution in [0, 0.1) is 6.92 Å². The SMILES string of the molecule is CCCCCC=NOCCCCCOc1c(C)cc(OCC=C(Cl)Cl)cc1Cl. The van der Waals surface area contributed by atoms with Gasteiger partial charge in [-0.15, -0.1) is 0 Å². The molecule has 0 spiro atoms. The summed E-state index contributed by atoms with van der Waals surface area (Å²) < 4.78 is 11.5. The van der Waals surface area contributed by atoms with Crippen LogP contribution in [0.25, 0.3) is 0 Å². The summed E-state index contributed by atoms with van der Waals surface area (Å²) in [6.07, 6.45) is 10.9. The minimum atomic E-state index is 0.173. The van der Waals surface area contributed by atoms with E-state index in [9.17, 15) is 0 Å². The fraction of sp³-hybridized carbons (Fsp3) is 0.571. The van der Waals surface area contributed by atoms with Crippen molar-refractivity contribution in [1.29, 1.82) is 0 Å². The molecule has 0 radical (unpaired) electrons. The number of hydrogen-bond acceptors (Lipinski definition) is 4. The third-order valence-electron chi connectivity index (χ3n) is 3.90. The van der Waals surface area contributed by atoms with Crippen molar-refractivity contribution in [3.05, 3.63) is 33.3 Å². The van der Waals surface area contributed by atoms with E-state index >= 15 is 0 Å². The smallest absolute Gasteiger partial charge is 0.141 e. The van der Waals surface area contributed by atoms with Crippen molar-refractivity contribution in [3.8, 4) is 11.5 Å². The van der Waals surface area contributed by atoms with E-state index in [4.69, 9.17) is 49.1 Å². The first-order valence-corrected chi connectivity index (χ1v) is 10.9. The molecule has 7 heteroatoms. The lowest BCUT2D eigenvalue weighted by Gasteiger charge is -2.13. The molecule has 0 fully saturated rings. The summed E-state index contributed by atoms with van der Waals surface area (Å²) in [5.41, 5.74) is 0.921. The minimum absolute atomic E-state index is 0.173. The lowest BCUT2D eigenvalue weighted by Crippen LogP contribution is -2.01. The van der Waals surface area contributed by atoms with Gasteiger partial charge in [-0.2, -0.15) is 0 Å². The number of ether oxygens (including phenoxy) is 2. The molecular weight excluding hydrogens is 421 g/mol. The van der Waals surface area contributed by atoms with Gasteiger partial charge in [0.05, 0.1) is 11.6 Å². The highest BCUT2D eigenvalue weighted by molar-refractivity contribution is 6.55. The maximum Gasteiger partial charge on any atom is 0.141 e. The van der Waals surface area contributed by atoms with Crippen LogP contribution in [0.5, 0.6) is 11.5 Å². The van der Waals surface area contributed by atoms with E-state index in [0.717, 1.165) is 31.2 Å². The second kappa shape index (κ2) is 15.8. The van der Waals surface area contributed by atoms with Crippen molar-refractivity contribution in [2.24, 2.45) is 5.16 Å². The molecule has 0 bridgehead atoms. The van der Waals surface area contributed by atoms with Crippen LogP contribution in [0.15, 0.2) is 27.9 Å². The van der Waals surface area contributed by atoms with E-state index in [2.05, 4.69) is 12.1 Å². The molecule has 0 aliphatic rings. The third kappa shape index (κ3) is 11.7. The Balaban J connectivity index is 2.20. The Morgan fingerprint density at radius 3 is 2.54 bits per heavy atom. The van der Waals surface area contributed by atoms with Gasteiger partial charge >= 0.3 is 0 Å². The second-order valence-corrected chi connectivity index (χ2v) is 7.80. The first-order chi connectivity index (χ1) is 13.5. The Kier molecular flexibility index (Phi) is 14.1. The number of oxime groups is 1. The molecule has 0 N–H and O–H groups in total. The molecule has 0 aliphatic heterocycles. The number of aryl methyl sites for hydroxylation is 1. The molecule has 0 heterocycles. The second-order valence-electron chi connectivity index (χ2n) is 6.38. The van der Waals surface area contributed by atoms with Crippen LogP contribution in [-0.4, -0.2) is 26.0 Å². The van der Waals surface area contributed by atoms with Crippen LogP contribution in [0.3, 0.4) is 0 Å². The molecule has 28 heavy (non-hydrogen) atoms. The fourth-order valence-electron chi connectivity index (χ4n) is 2.43. The molecule has 0 amide bonds. The molecule has 0 saturated heterocycles. The van der Waals surface area contributed by atoms with E-state index in [-0.39, 0.29) is 11.1 Å². The Morgan fingerprint density at radius 1 is 1.04 bits per heavy atom. The number of hydrogen-bond donors (Lipinski definition) is 0. The molecule has 0 aromatic heterocycles. The van der Waals surface area contributed by atoms with Crippen LogP contribution in [0.2, 0.25) is 5.02 Å². The topological polar surface area (TPSA) is 40.0 Å². The van der Waals surface area contributed by atoms with Crippen molar-refractivity contribution in [2.75, 3.05) is 19.8 Å². The Labute approximate surface area is 183 Å². The molecular formula is C21H30Cl3NO3. The molecule has 158 valence electrons. The fourth-order valence-corrected chi connectivity index (χ4v) is 2.87. The van der Waals surface area contributed by atoms with Crippen molar-refractivity contribution < 1.29 is 14.3 Å². The summed E-state index contributed by atoms with van der Waals surface area (Å²) in [4.78, 5) is 5.25. The van der Waals surface area contributed by atoms with Gasteiger partial charge in [0.15, 0.2) is 0 Å². The van der Waals surface area contributed by atoms with E-state index in [1.54, 1.807) is 12.1 Å². The average Bonchev–Trinajstić information content (AvgIpc) is 2.64. The van der Waals surface area contributed by atoms with Crippen molar-refractivity contribution in [3.63, 3.8) is 0 Å². The molecule has 0 saturated carbocycles. The number of benzene rings is 1. The maximum absolute atomic E-state index is 6.31. The van der Waals surface area contributed by atoms with Gasteiger partial charge in [-0.05, 0) is 56.7 Å². The van der Waals surface area contributed by atoms with Gasteiger partial charge in [0, 0.05) is 12.3 Å². The summed E-state index contributed by atoms with van der Waals surface area (Å²) in [6.45, 7) is 5.64. The minimum Gasteiger partial charge on any atom is -0.492 e. The van der Waals surface area contributed by atoms with Crippen LogP contribution in [-0.2, 0) is 4.84 Å². The highest BCUT2D eigenvalue weighted by Gasteiger charge is 2.09. The standard InChI is InChI=1S/C21H30Cl3NO3/c1-3-4-5-7-11-25-28-13-9-6-8-12-27-21-17(2)15-18(16-19(21)22)26-14-10-20(23)24/h10-11,15-16H,3-9,12-14H2,1-2H3. The third-order valence-corrected chi connectivity index (χ3v) is 4.49. The average molecular weight is 451 g/mol. The Bertz CT molecular complexity index is 594. The Hall–Kier alpha value is -1.10. The van der Waals surface area contributed by atoms with Crippen molar-refractivity contribution in [2.45, 2.75) is 58.8 Å². The first-order valence-electron chi connectivity index (χ1n) is 9.75. The summed E-state index contributed by atoms with van der Waals surface area (Å²) in [5, 5.41) is 4.49. The van der Waals surface area contributed by atoms with Gasteiger partial charge < -0.3 is 14.3 Å². The van der Waals surface area contributed by atoms with Gasteiger partial charge in [-0.1, -0.05) is 59.7 Å². The predicted molar refractivity (Wildman–Crippen MR) is 119 cm³/mol. The number of nitrogens with zero attached hydrogens (tertiary/aromatic N) is 1. The van der Waals surface area contributed by atoms with Gasteiger partial charge in [0.25, 0.3) is 0 Å². The first kappa shape index (κ1) is 24.9. The molecule has 0 aliphatic carbocycles. The Morgan fingerprint density at radius 2 is 1.82 bits per heavy atom. The number of halogens is 3. The van der Waals surface area contributed by atoms with E-state index in [1.807, 2.05) is 19.2 Å². The molecule has 0 atom stereocenters. The van der Waals surface area contributed by atoms with Crippen molar-refractivity contribution >= 4 is 41.0 Å². The molecule has 4 nitrogen and oxygen atoms in total. The van der Waals surface area contributed by atoms with Gasteiger partial charge in [0.1, 0.15) is 29.2 Å². The van der Waals surface area contributed by atoms with Gasteiger partial charge in [-0.25, -0.2) is 0 Å². The molecule has 1 aromatic carbocycles. The molecule has 1 aromatic rings. The van der Waals surface area contributed by atoms with E-state index in [0.29, 0.717) is 29.7 Å². The lowest BCUT2D eigenvalue weighted by molar-refractivity contribution is 0.139. The molecule has 0 unspecified atom stereocenters. The largest absolute Gasteiger partial charge is 0.492 e. The normalized spacial score (nSPS) is 10.9. The molecule has 1 rings (SSSR count). The maximum atomic E-state index is 6.31. The number of rotatable bonds is 15. The quantitative estimate of drug-likeness (QED) is 0.158. The predicted octanol–water partition coefficient (Wildman–Crippen LogP) is 7.48. The van der Waals surface area contributed by atoms with Gasteiger partial charge in [-0.3, -0.25) is 0 Å². The lowest BCUT2D eigenvalue weighted by atomic mass is 10.2. The van der Waals surface area contributed by atoms with Crippen LogP contribution < -0.4 is 9.47 Å². The van der Waals surface area contributed by atoms with Gasteiger partial charge in [0.2, 0.25) is 0 Å². The van der Waals surface area contributed by atoms with Crippen LogP contribution >= 0.6 is 34.8 Å². The summed E-state index contributed by atoms with van der Waals surface area (Å²) >= 11 is 17.4. The van der Waals surface area contributed by atoms with Crippen LogP contribution in [0.1, 0.15) is 57.4 Å². The highest BCUT2D eigenvalue weighted by atomic mass is 35.5. The van der Waals surface area contributed by atoms with E-state index in [1.165, 1.54) is 19.3 Å². The zero-order valence-electron chi connectivity index (χ0n) is 16.7. The number of unbranched alkanes of at least 4 members (excludes halogenated alkanes) is 5. The highest BCUT2D eigenvalue weighted by Crippen LogP contribution is 2.33. The van der Waals surface area contributed by atoms with E-state index < -0.39 is 0 Å². The zero-order valence-corrected chi connectivity index (χ0v) is 19.0. The van der Waals surface area contributed by atoms with Crippen molar-refractivity contribution in [1.82, 2.24) is 0 Å². The summed E-state index contributed by atoms with van der Waals surface area (Å²) in [5.74, 6) is 1.33.